The summed E-state index contributed by atoms with van der Waals surface area (Å²) in [5, 5.41) is 45.4. The number of phenolic OH excluding ortho intramolecular Hbond substituents is 2. The molecule has 6 atom stereocenters. The fourth-order valence-corrected chi connectivity index (χ4v) is 6.86. The van der Waals surface area contributed by atoms with Crippen LogP contribution in [-0.4, -0.2) is 119 Å². The molecular weight excluding hydrogens is 632 g/mol. The smallest absolute Gasteiger partial charge is 0.338 e. The molecule has 0 radical (unpaired) electrons. The lowest BCUT2D eigenvalue weighted by atomic mass is 9.72. The van der Waals surface area contributed by atoms with Crippen LogP contribution in [0.3, 0.4) is 0 Å². The van der Waals surface area contributed by atoms with E-state index in [4.69, 9.17) is 23.8 Å². The van der Waals surface area contributed by atoms with Crippen molar-refractivity contribution in [1.82, 2.24) is 10.4 Å². The van der Waals surface area contributed by atoms with Gasteiger partial charge in [0.05, 0.1) is 67.9 Å². The lowest BCUT2D eigenvalue weighted by Crippen LogP contribution is -2.55. The molecule has 0 aromatic heterocycles. The van der Waals surface area contributed by atoms with E-state index in [0.29, 0.717) is 26.3 Å². The van der Waals surface area contributed by atoms with E-state index >= 15 is 0 Å². The van der Waals surface area contributed by atoms with Gasteiger partial charge in [0.2, 0.25) is 5.78 Å². The number of phenols is 2. The van der Waals surface area contributed by atoms with E-state index in [1.807, 2.05) is 4.90 Å². The molecule has 15 heteroatoms. The Morgan fingerprint density at radius 2 is 1.79 bits per heavy atom. The molecule has 48 heavy (non-hydrogen) atoms. The van der Waals surface area contributed by atoms with Gasteiger partial charge in [-0.2, -0.15) is 0 Å². The van der Waals surface area contributed by atoms with Crippen molar-refractivity contribution < 1.29 is 63.4 Å². The quantitative estimate of drug-likeness (QED) is 0.163. The molecule has 15 nitrogen and oxygen atoms in total. The molecule has 6 rings (SSSR count). The Labute approximate surface area is 275 Å². The molecule has 2 aliphatic heterocycles. The molecule has 0 spiro atoms. The molecule has 0 amide bonds. The number of rotatable bonds is 8. The van der Waals surface area contributed by atoms with E-state index < -0.39 is 95.0 Å². The third-order valence-electron chi connectivity index (χ3n) is 9.53. The van der Waals surface area contributed by atoms with Crippen LogP contribution in [0.2, 0.25) is 0 Å². The summed E-state index contributed by atoms with van der Waals surface area (Å²) in [6.07, 6.45) is -5.41. The molecule has 2 heterocycles. The molecule has 2 aliphatic carbocycles. The Morgan fingerprint density at radius 1 is 1.08 bits per heavy atom. The van der Waals surface area contributed by atoms with E-state index in [2.05, 4.69) is 5.48 Å². The van der Waals surface area contributed by atoms with Crippen molar-refractivity contribution in [2.24, 2.45) is 0 Å². The number of carbonyl (C=O) groups is 4. The number of aliphatic hydroxyl groups excluding tert-OH is 1. The highest BCUT2D eigenvalue weighted by molar-refractivity contribution is 6.31. The third-order valence-corrected chi connectivity index (χ3v) is 9.53. The van der Waals surface area contributed by atoms with Crippen LogP contribution >= 0.6 is 0 Å². The maximum absolute atomic E-state index is 13.8. The van der Waals surface area contributed by atoms with Crippen molar-refractivity contribution in [3.8, 4) is 17.2 Å². The summed E-state index contributed by atoms with van der Waals surface area (Å²) in [7, 11) is 1.33. The summed E-state index contributed by atoms with van der Waals surface area (Å²) in [5.74, 6) is -3.98. The summed E-state index contributed by atoms with van der Waals surface area (Å²) in [6.45, 7) is 4.89. The number of nitrogens with zero attached hydrogens (tertiary/aromatic N) is 1. The van der Waals surface area contributed by atoms with Gasteiger partial charge < -0.3 is 44.2 Å². The molecule has 0 bridgehead atoms. The third kappa shape index (κ3) is 5.96. The summed E-state index contributed by atoms with van der Waals surface area (Å²) in [6, 6.07) is 3.53. The predicted octanol–water partition coefficient (Wildman–Crippen LogP) is 0.450. The van der Waals surface area contributed by atoms with Gasteiger partial charge in [0.1, 0.15) is 22.8 Å². The van der Waals surface area contributed by atoms with E-state index in [1.165, 1.54) is 25.3 Å². The zero-order chi connectivity index (χ0) is 34.5. The van der Waals surface area contributed by atoms with Gasteiger partial charge in [0.15, 0.2) is 17.9 Å². The minimum atomic E-state index is -2.08. The zero-order valence-electron chi connectivity index (χ0n) is 26.7. The second-order valence-electron chi connectivity index (χ2n) is 12.6. The number of fused-ring (bicyclic) bond motifs is 3. The summed E-state index contributed by atoms with van der Waals surface area (Å²) in [5.41, 5.74) is -0.764. The number of carbonyl (C=O) groups excluding carboxylic acids is 4. The highest BCUT2D eigenvalue weighted by Crippen LogP contribution is 2.52. The van der Waals surface area contributed by atoms with E-state index in [9.17, 15) is 39.6 Å². The Kier molecular flexibility index (Phi) is 9.30. The number of ether oxygens (including phenoxy) is 4. The van der Waals surface area contributed by atoms with Crippen LogP contribution < -0.4 is 10.2 Å². The number of aliphatic hydroxyl groups is 2. The lowest BCUT2D eigenvalue weighted by molar-refractivity contribution is -0.256. The van der Waals surface area contributed by atoms with E-state index in [0.717, 1.165) is 6.92 Å². The number of nitrogens with one attached hydrogen (secondary N) is 1. The monoisotopic (exact) mass is 670 g/mol. The average molecular weight is 671 g/mol. The largest absolute Gasteiger partial charge is 0.507 e. The van der Waals surface area contributed by atoms with Crippen LogP contribution in [0.15, 0.2) is 18.2 Å². The Balaban J connectivity index is 1.31. The van der Waals surface area contributed by atoms with Crippen molar-refractivity contribution in [3.05, 3.63) is 51.6 Å². The Bertz CT molecular complexity index is 1650. The number of Topliss-reactive ketones (excluding diaryl/α,β-unsaturated/α-hetero) is 1. The first kappa shape index (κ1) is 33.9. The maximum atomic E-state index is 13.8. The molecule has 2 saturated heterocycles. The van der Waals surface area contributed by atoms with Crippen LogP contribution in [-0.2, 0) is 35.1 Å². The minimum absolute atomic E-state index is 0.0122. The number of methoxy groups -OCH3 is 1. The SMILES string of the molecule is COc1cccc2c1C(=O)c1c(O)c3c(c(O)c1C2=O)C[C@@](O)(C(C)=O)C[C@@H]3OC1CC(NOC(=O)CN2CCOCC2)C(O)C(C)O1. The van der Waals surface area contributed by atoms with Gasteiger partial charge >= 0.3 is 5.97 Å². The van der Waals surface area contributed by atoms with Crippen LogP contribution in [0.4, 0.5) is 0 Å². The fraction of sp³-hybridized carbons (Fsp3) is 0.515. The number of hydrogen-bond acceptors (Lipinski definition) is 15. The summed E-state index contributed by atoms with van der Waals surface area (Å²) >= 11 is 0. The first-order valence-electron chi connectivity index (χ1n) is 15.7. The Hall–Kier alpha value is -3.96. The lowest BCUT2D eigenvalue weighted by Gasteiger charge is -2.42. The van der Waals surface area contributed by atoms with Gasteiger partial charge in [-0.05, 0) is 19.9 Å². The predicted molar refractivity (Wildman–Crippen MR) is 163 cm³/mol. The second-order valence-corrected chi connectivity index (χ2v) is 12.6. The average Bonchev–Trinajstić information content (AvgIpc) is 3.06. The summed E-state index contributed by atoms with van der Waals surface area (Å²) in [4.78, 5) is 59.8. The number of hydroxylamine groups is 1. The molecule has 2 aromatic carbocycles. The molecular formula is C33H38N2O13. The first-order chi connectivity index (χ1) is 22.8. The number of morpholine rings is 1. The molecule has 2 aromatic rings. The zero-order valence-corrected chi connectivity index (χ0v) is 26.7. The van der Waals surface area contributed by atoms with Gasteiger partial charge in [-0.1, -0.05) is 12.1 Å². The number of benzene rings is 2. The molecule has 2 fully saturated rings. The van der Waals surface area contributed by atoms with Gasteiger partial charge in [-0.15, -0.1) is 5.48 Å². The first-order valence-corrected chi connectivity index (χ1v) is 15.7. The van der Waals surface area contributed by atoms with Crippen molar-refractivity contribution >= 4 is 23.3 Å². The van der Waals surface area contributed by atoms with Gasteiger partial charge in [0, 0.05) is 49.0 Å². The molecule has 4 unspecified atom stereocenters. The highest BCUT2D eigenvalue weighted by atomic mass is 16.7. The molecule has 5 N–H and O–H groups in total. The molecule has 0 saturated carbocycles. The maximum Gasteiger partial charge on any atom is 0.338 e. The number of ketones is 3. The number of hydrogen-bond donors (Lipinski definition) is 5. The van der Waals surface area contributed by atoms with Gasteiger partial charge in [-0.25, -0.2) is 4.79 Å². The van der Waals surface area contributed by atoms with Crippen LogP contribution in [0.1, 0.15) is 75.8 Å². The molecule has 258 valence electrons. The second kappa shape index (κ2) is 13.2. The van der Waals surface area contributed by atoms with Gasteiger partial charge in [-0.3, -0.25) is 19.3 Å². The van der Waals surface area contributed by atoms with Crippen molar-refractivity contribution in [3.63, 3.8) is 0 Å². The van der Waals surface area contributed by atoms with Crippen LogP contribution in [0.5, 0.6) is 17.2 Å². The van der Waals surface area contributed by atoms with E-state index in [1.54, 1.807) is 6.92 Å². The normalized spacial score (nSPS) is 28.6. The molecule has 4 aliphatic rings. The topological polar surface area (TPSA) is 211 Å². The van der Waals surface area contributed by atoms with Crippen molar-refractivity contribution in [2.75, 3.05) is 40.0 Å². The van der Waals surface area contributed by atoms with Crippen molar-refractivity contribution in [2.45, 2.75) is 69.4 Å². The fourth-order valence-electron chi connectivity index (χ4n) is 6.86. The number of aromatic hydroxyl groups is 2. The van der Waals surface area contributed by atoms with Crippen LogP contribution in [0, 0.1) is 0 Å². The standard InChI is InChI=1S/C33H38N2O13/c1-15-28(38)19(34-48-22(37)14-35-7-9-45-10-8-35)11-23(46-15)47-21-13-33(43,16(2)36)12-18-25(21)32(42)27-26(30(18)40)29(39)17-5-4-6-20(44-3)24(17)31(27)41/h4-6,15,19,21,23,28,34,38,40,42-43H,7-14H2,1-3H3/t15?,19?,21-,23?,28?,33-/m0/s1. The Morgan fingerprint density at radius 3 is 2.48 bits per heavy atom. The van der Waals surface area contributed by atoms with Crippen LogP contribution in [0.25, 0.3) is 0 Å². The van der Waals surface area contributed by atoms with Crippen molar-refractivity contribution in [1.29, 1.82) is 0 Å². The minimum Gasteiger partial charge on any atom is -0.507 e. The van der Waals surface area contributed by atoms with Gasteiger partial charge in [0.25, 0.3) is 0 Å². The highest BCUT2D eigenvalue weighted by Gasteiger charge is 2.49. The summed E-state index contributed by atoms with van der Waals surface area (Å²) < 4.78 is 22.7. The van der Waals surface area contributed by atoms with E-state index in [-0.39, 0.29) is 41.0 Å².